The predicted octanol–water partition coefficient (Wildman–Crippen LogP) is 4.79. The molecule has 0 bridgehead atoms. The van der Waals surface area contributed by atoms with Gasteiger partial charge in [-0.05, 0) is 61.0 Å². The first-order chi connectivity index (χ1) is 16.5. The van der Waals surface area contributed by atoms with Crippen molar-refractivity contribution in [3.05, 3.63) is 100 Å². The van der Waals surface area contributed by atoms with Crippen LogP contribution in [0.5, 0.6) is 0 Å². The summed E-state index contributed by atoms with van der Waals surface area (Å²) < 4.78 is 1.69. The summed E-state index contributed by atoms with van der Waals surface area (Å²) in [5, 5.41) is 20.7. The minimum absolute atomic E-state index is 0.290. The van der Waals surface area contributed by atoms with E-state index >= 15 is 0 Å². The molecule has 8 nitrogen and oxygen atoms in total. The minimum Gasteiger partial charge on any atom is -0.328 e. The first-order valence-electron chi connectivity index (χ1n) is 10.4. The van der Waals surface area contributed by atoms with E-state index in [0.717, 1.165) is 11.1 Å². The van der Waals surface area contributed by atoms with Crippen molar-refractivity contribution in [2.45, 2.75) is 13.0 Å². The van der Waals surface area contributed by atoms with Crippen molar-refractivity contribution in [2.24, 2.45) is 0 Å². The van der Waals surface area contributed by atoms with Crippen LogP contribution in [0.2, 0.25) is 5.02 Å². The first-order valence-corrected chi connectivity index (χ1v) is 10.8. The standard InChI is InChI=1S/C25H18ClN7O/c1-15-21(24(34)30-20-3-2-12-28-14-20)22(17-6-4-16(13-27)5-7-17)33-25(29-15)31-23(32-33)18-8-10-19(26)11-9-18/h2-12,14,22H,1H3,(H,30,34)(H,29,31,32). The summed E-state index contributed by atoms with van der Waals surface area (Å²) in [6.07, 6.45) is 3.22. The molecular formula is C25H18ClN7O. The van der Waals surface area contributed by atoms with Gasteiger partial charge in [0.05, 0.1) is 29.1 Å². The van der Waals surface area contributed by atoms with E-state index in [9.17, 15) is 10.1 Å². The Labute approximate surface area is 200 Å². The maximum atomic E-state index is 13.4. The van der Waals surface area contributed by atoms with Gasteiger partial charge < -0.3 is 10.6 Å². The Morgan fingerprint density at radius 1 is 1.15 bits per heavy atom. The maximum absolute atomic E-state index is 13.4. The van der Waals surface area contributed by atoms with Gasteiger partial charge in [-0.15, -0.1) is 5.10 Å². The van der Waals surface area contributed by atoms with Gasteiger partial charge in [0.1, 0.15) is 6.04 Å². The number of amides is 1. The van der Waals surface area contributed by atoms with Gasteiger partial charge in [0.25, 0.3) is 5.91 Å². The third-order valence-corrected chi connectivity index (χ3v) is 5.73. The molecule has 2 N–H and O–H groups in total. The molecule has 0 spiro atoms. The van der Waals surface area contributed by atoms with Crippen LogP contribution in [0.15, 0.2) is 84.3 Å². The highest BCUT2D eigenvalue weighted by atomic mass is 35.5. The van der Waals surface area contributed by atoms with Crippen molar-refractivity contribution in [1.29, 1.82) is 5.26 Å². The molecule has 1 unspecified atom stereocenters. The number of nitrogens with zero attached hydrogens (tertiary/aromatic N) is 5. The summed E-state index contributed by atoms with van der Waals surface area (Å²) >= 11 is 6.03. The molecule has 1 aliphatic rings. The number of benzene rings is 2. The molecule has 1 amide bonds. The van der Waals surface area contributed by atoms with Crippen LogP contribution in [0, 0.1) is 11.3 Å². The number of nitriles is 1. The molecule has 5 rings (SSSR count). The Hall–Kier alpha value is -4.48. The van der Waals surface area contributed by atoms with E-state index in [1.165, 1.54) is 0 Å². The van der Waals surface area contributed by atoms with Crippen LogP contribution in [-0.4, -0.2) is 25.7 Å². The number of hydrogen-bond acceptors (Lipinski definition) is 6. The normalized spacial score (nSPS) is 14.7. The van der Waals surface area contributed by atoms with Crippen molar-refractivity contribution in [3.63, 3.8) is 0 Å². The average Bonchev–Trinajstić information content (AvgIpc) is 3.27. The van der Waals surface area contributed by atoms with Crippen LogP contribution in [-0.2, 0) is 4.79 Å². The van der Waals surface area contributed by atoms with E-state index in [4.69, 9.17) is 16.7 Å². The summed E-state index contributed by atoms with van der Waals surface area (Å²) in [4.78, 5) is 22.2. The second-order valence-electron chi connectivity index (χ2n) is 7.71. The monoisotopic (exact) mass is 467 g/mol. The molecule has 9 heteroatoms. The van der Waals surface area contributed by atoms with Gasteiger partial charge in [0, 0.05) is 22.5 Å². The number of anilines is 2. The Bertz CT molecular complexity index is 1440. The Morgan fingerprint density at radius 3 is 2.59 bits per heavy atom. The van der Waals surface area contributed by atoms with Gasteiger partial charge in [-0.25, -0.2) is 4.68 Å². The Morgan fingerprint density at radius 2 is 1.91 bits per heavy atom. The number of aromatic nitrogens is 4. The SMILES string of the molecule is CC1=C(C(=O)Nc2cccnc2)C(c2ccc(C#N)cc2)n2nc(-c3ccc(Cl)cc3)nc2N1. The van der Waals surface area contributed by atoms with Gasteiger partial charge in [0.2, 0.25) is 5.95 Å². The fourth-order valence-electron chi connectivity index (χ4n) is 3.85. The highest BCUT2D eigenvalue weighted by Gasteiger charge is 2.34. The lowest BCUT2D eigenvalue weighted by molar-refractivity contribution is -0.113. The lowest BCUT2D eigenvalue weighted by Gasteiger charge is -2.28. The fraction of sp³-hybridized carbons (Fsp3) is 0.0800. The quantitative estimate of drug-likeness (QED) is 0.446. The zero-order chi connectivity index (χ0) is 23.7. The molecule has 1 atom stereocenters. The van der Waals surface area contributed by atoms with E-state index in [1.807, 2.05) is 31.2 Å². The lowest BCUT2D eigenvalue weighted by Crippen LogP contribution is -2.31. The number of carbonyl (C=O) groups is 1. The number of pyridine rings is 1. The van der Waals surface area contributed by atoms with Crippen LogP contribution in [0.4, 0.5) is 11.6 Å². The average molecular weight is 468 g/mol. The second kappa shape index (κ2) is 8.81. The zero-order valence-electron chi connectivity index (χ0n) is 18.0. The molecule has 1 aliphatic heterocycles. The number of halogens is 1. The van der Waals surface area contributed by atoms with E-state index in [1.54, 1.807) is 53.5 Å². The predicted molar refractivity (Wildman–Crippen MR) is 129 cm³/mol. The molecule has 3 heterocycles. The Balaban J connectivity index is 1.60. The van der Waals surface area contributed by atoms with Crippen LogP contribution >= 0.6 is 11.6 Å². The van der Waals surface area contributed by atoms with Gasteiger partial charge in [0.15, 0.2) is 5.82 Å². The third kappa shape index (κ3) is 4.00. The molecule has 0 aliphatic carbocycles. The van der Waals surface area contributed by atoms with E-state index in [-0.39, 0.29) is 5.91 Å². The van der Waals surface area contributed by atoms with Crippen molar-refractivity contribution in [2.75, 3.05) is 10.6 Å². The molecule has 166 valence electrons. The van der Waals surface area contributed by atoms with Crippen molar-refractivity contribution < 1.29 is 4.79 Å². The molecule has 0 saturated heterocycles. The molecule has 0 saturated carbocycles. The van der Waals surface area contributed by atoms with Gasteiger partial charge >= 0.3 is 0 Å². The first kappa shape index (κ1) is 21.4. The van der Waals surface area contributed by atoms with Crippen molar-refractivity contribution >= 4 is 29.1 Å². The number of allylic oxidation sites excluding steroid dienone is 1. The van der Waals surface area contributed by atoms with Crippen molar-refractivity contribution in [3.8, 4) is 17.5 Å². The van der Waals surface area contributed by atoms with Gasteiger partial charge in [-0.3, -0.25) is 9.78 Å². The molecule has 4 aromatic rings. The maximum Gasteiger partial charge on any atom is 0.255 e. The summed E-state index contributed by atoms with van der Waals surface area (Å²) in [6.45, 7) is 1.83. The second-order valence-corrected chi connectivity index (χ2v) is 8.14. The molecular weight excluding hydrogens is 450 g/mol. The molecule has 0 fully saturated rings. The van der Waals surface area contributed by atoms with Gasteiger partial charge in [-0.1, -0.05) is 23.7 Å². The summed E-state index contributed by atoms with van der Waals surface area (Å²) in [7, 11) is 0. The number of nitrogens with one attached hydrogen (secondary N) is 2. The number of rotatable bonds is 4. The largest absolute Gasteiger partial charge is 0.328 e. The minimum atomic E-state index is -0.561. The van der Waals surface area contributed by atoms with Gasteiger partial charge in [-0.2, -0.15) is 10.2 Å². The fourth-order valence-corrected chi connectivity index (χ4v) is 3.98. The van der Waals surface area contributed by atoms with E-state index in [2.05, 4.69) is 26.7 Å². The topological polar surface area (TPSA) is 109 Å². The molecule has 0 radical (unpaired) electrons. The van der Waals surface area contributed by atoms with Crippen LogP contribution in [0.25, 0.3) is 11.4 Å². The molecule has 2 aromatic heterocycles. The molecule has 34 heavy (non-hydrogen) atoms. The highest BCUT2D eigenvalue weighted by Crippen LogP contribution is 2.37. The number of fused-ring (bicyclic) bond motifs is 1. The van der Waals surface area contributed by atoms with Crippen LogP contribution in [0.3, 0.4) is 0 Å². The van der Waals surface area contributed by atoms with E-state index < -0.39 is 6.04 Å². The number of hydrogen-bond donors (Lipinski definition) is 2. The van der Waals surface area contributed by atoms with Crippen LogP contribution < -0.4 is 10.6 Å². The number of carbonyl (C=O) groups excluding carboxylic acids is 1. The highest BCUT2D eigenvalue weighted by molar-refractivity contribution is 6.30. The third-order valence-electron chi connectivity index (χ3n) is 5.47. The lowest BCUT2D eigenvalue weighted by atomic mass is 9.94. The summed E-state index contributed by atoms with van der Waals surface area (Å²) in [5.74, 6) is 0.718. The molecule has 2 aromatic carbocycles. The smallest absolute Gasteiger partial charge is 0.255 e. The van der Waals surface area contributed by atoms with E-state index in [0.29, 0.717) is 39.3 Å². The summed E-state index contributed by atoms with van der Waals surface area (Å²) in [5.41, 5.74) is 3.83. The zero-order valence-corrected chi connectivity index (χ0v) is 18.8. The van der Waals surface area contributed by atoms with Crippen LogP contribution in [0.1, 0.15) is 24.1 Å². The van der Waals surface area contributed by atoms with Crippen molar-refractivity contribution in [1.82, 2.24) is 19.7 Å². The summed E-state index contributed by atoms with van der Waals surface area (Å²) in [6, 6.07) is 19.4. The Kier molecular flexibility index (Phi) is 5.54.